The largest absolute Gasteiger partial charge is 0.329 e. The Morgan fingerprint density at radius 3 is 2.78 bits per heavy atom. The lowest BCUT2D eigenvalue weighted by molar-refractivity contribution is -0.116. The maximum absolute atomic E-state index is 13.3. The molecule has 0 aliphatic rings. The molecule has 0 saturated carbocycles. The second kappa shape index (κ2) is 7.82. The lowest BCUT2D eigenvalue weighted by Gasteiger charge is -2.21. The van der Waals surface area contributed by atoms with Gasteiger partial charge >= 0.3 is 0 Å². The monoisotopic (exact) mass is 335 g/mol. The number of anilines is 1. The van der Waals surface area contributed by atoms with Crippen molar-refractivity contribution in [3.8, 4) is 0 Å². The third kappa shape index (κ3) is 4.85. The van der Waals surface area contributed by atoms with Gasteiger partial charge < -0.3 is 10.2 Å². The molecule has 0 fully saturated rings. The number of carbonyl (C=O) groups excluding carboxylic acids is 2. The topological polar surface area (TPSA) is 62.3 Å². The molecule has 23 heavy (non-hydrogen) atoms. The van der Waals surface area contributed by atoms with Gasteiger partial charge in [0.15, 0.2) is 5.13 Å². The highest BCUT2D eigenvalue weighted by atomic mass is 32.1. The summed E-state index contributed by atoms with van der Waals surface area (Å²) >= 11 is 1.37. The van der Waals surface area contributed by atoms with E-state index in [-0.39, 0.29) is 23.9 Å². The Bertz CT molecular complexity index is 702. The van der Waals surface area contributed by atoms with Crippen LogP contribution in [0, 0.1) is 12.7 Å². The summed E-state index contributed by atoms with van der Waals surface area (Å²) < 4.78 is 13.3. The maximum Gasteiger partial charge on any atom is 0.254 e. The standard InChI is InChI=1S/C16H18FN3O2S/c1-3-7-20(15(22)12-5-4-6-13(17)8-12)10-14(21)19-16-18-9-11(2)23-16/h4-6,8-9H,3,7,10H2,1-2H3,(H,18,19,21). The first-order valence-electron chi connectivity index (χ1n) is 7.26. The predicted molar refractivity (Wildman–Crippen MR) is 88.1 cm³/mol. The average Bonchev–Trinajstić information content (AvgIpc) is 2.91. The molecule has 0 aliphatic carbocycles. The molecule has 1 heterocycles. The Kier molecular flexibility index (Phi) is 5.81. The van der Waals surface area contributed by atoms with Crippen molar-refractivity contribution in [2.75, 3.05) is 18.4 Å². The molecule has 0 saturated heterocycles. The van der Waals surface area contributed by atoms with Gasteiger partial charge in [-0.1, -0.05) is 13.0 Å². The van der Waals surface area contributed by atoms with Crippen LogP contribution in [0.3, 0.4) is 0 Å². The molecule has 5 nitrogen and oxygen atoms in total. The molecule has 122 valence electrons. The number of nitrogens with zero attached hydrogens (tertiary/aromatic N) is 2. The summed E-state index contributed by atoms with van der Waals surface area (Å²) in [6, 6.07) is 5.47. The van der Waals surface area contributed by atoms with E-state index in [0.29, 0.717) is 18.1 Å². The fourth-order valence-electron chi connectivity index (χ4n) is 2.07. The van der Waals surface area contributed by atoms with Gasteiger partial charge in [-0.2, -0.15) is 0 Å². The number of benzene rings is 1. The zero-order chi connectivity index (χ0) is 16.8. The van der Waals surface area contributed by atoms with Crippen molar-refractivity contribution in [1.82, 2.24) is 9.88 Å². The van der Waals surface area contributed by atoms with Crippen molar-refractivity contribution >= 4 is 28.3 Å². The zero-order valence-electron chi connectivity index (χ0n) is 13.0. The molecule has 0 aliphatic heterocycles. The SMILES string of the molecule is CCCN(CC(=O)Nc1ncc(C)s1)C(=O)c1cccc(F)c1. The number of amides is 2. The number of aromatic nitrogens is 1. The Balaban J connectivity index is 2.05. The quantitative estimate of drug-likeness (QED) is 0.882. The summed E-state index contributed by atoms with van der Waals surface area (Å²) in [4.78, 5) is 31.0. The molecular formula is C16H18FN3O2S. The number of rotatable bonds is 6. The van der Waals surface area contributed by atoms with E-state index in [4.69, 9.17) is 0 Å². The second-order valence-electron chi connectivity index (χ2n) is 5.06. The van der Waals surface area contributed by atoms with E-state index in [2.05, 4.69) is 10.3 Å². The molecule has 2 aromatic rings. The summed E-state index contributed by atoms with van der Waals surface area (Å²) in [5.41, 5.74) is 0.233. The van der Waals surface area contributed by atoms with Crippen molar-refractivity contribution in [2.24, 2.45) is 0 Å². The molecule has 2 amide bonds. The molecule has 0 atom stereocenters. The molecule has 0 bridgehead atoms. The lowest BCUT2D eigenvalue weighted by Crippen LogP contribution is -2.38. The number of thiazole rings is 1. The second-order valence-corrected chi connectivity index (χ2v) is 6.30. The molecule has 1 N–H and O–H groups in total. The van der Waals surface area contributed by atoms with Crippen molar-refractivity contribution in [3.05, 3.63) is 46.7 Å². The summed E-state index contributed by atoms with van der Waals surface area (Å²) in [7, 11) is 0. The van der Waals surface area contributed by atoms with Gasteiger partial charge in [-0.25, -0.2) is 9.37 Å². The van der Waals surface area contributed by atoms with Crippen LogP contribution in [-0.4, -0.2) is 34.8 Å². The number of carbonyl (C=O) groups is 2. The van der Waals surface area contributed by atoms with Crippen molar-refractivity contribution in [1.29, 1.82) is 0 Å². The first kappa shape index (κ1) is 17.1. The molecule has 7 heteroatoms. The lowest BCUT2D eigenvalue weighted by atomic mass is 10.2. The van der Waals surface area contributed by atoms with Crippen LogP contribution in [0.25, 0.3) is 0 Å². The van der Waals surface area contributed by atoms with Gasteiger partial charge in [0.05, 0.1) is 0 Å². The Hall–Kier alpha value is -2.28. The maximum atomic E-state index is 13.3. The van der Waals surface area contributed by atoms with Crippen molar-refractivity contribution < 1.29 is 14.0 Å². The first-order valence-corrected chi connectivity index (χ1v) is 8.08. The smallest absolute Gasteiger partial charge is 0.254 e. The molecule has 2 rings (SSSR count). The Morgan fingerprint density at radius 1 is 1.39 bits per heavy atom. The predicted octanol–water partition coefficient (Wildman–Crippen LogP) is 3.08. The van der Waals surface area contributed by atoms with E-state index in [9.17, 15) is 14.0 Å². The summed E-state index contributed by atoms with van der Waals surface area (Å²) in [6.45, 7) is 4.12. The number of hydrogen-bond acceptors (Lipinski definition) is 4. The van der Waals surface area contributed by atoms with Crippen molar-refractivity contribution in [3.63, 3.8) is 0 Å². The number of aryl methyl sites for hydroxylation is 1. The minimum absolute atomic E-state index is 0.0954. The van der Waals surface area contributed by atoms with Crippen LogP contribution in [0.5, 0.6) is 0 Å². The van der Waals surface area contributed by atoms with Crippen LogP contribution in [0.15, 0.2) is 30.5 Å². The highest BCUT2D eigenvalue weighted by Crippen LogP contribution is 2.16. The molecule has 1 aromatic heterocycles. The van der Waals surface area contributed by atoms with Crippen LogP contribution in [0.4, 0.5) is 9.52 Å². The molecular weight excluding hydrogens is 317 g/mol. The number of hydrogen-bond donors (Lipinski definition) is 1. The van der Waals surface area contributed by atoms with Crippen LogP contribution in [-0.2, 0) is 4.79 Å². The number of nitrogens with one attached hydrogen (secondary N) is 1. The van der Waals surface area contributed by atoms with Gasteiger partial charge in [0.1, 0.15) is 12.4 Å². The molecule has 0 radical (unpaired) electrons. The average molecular weight is 335 g/mol. The van der Waals surface area contributed by atoms with Gasteiger partial charge in [0.2, 0.25) is 5.91 Å². The van der Waals surface area contributed by atoms with E-state index < -0.39 is 5.82 Å². The van der Waals surface area contributed by atoms with Gasteiger partial charge in [-0.15, -0.1) is 11.3 Å². The fraction of sp³-hybridized carbons (Fsp3) is 0.312. The minimum atomic E-state index is -0.477. The van der Waals surface area contributed by atoms with Gasteiger partial charge in [0.25, 0.3) is 5.91 Å². The summed E-state index contributed by atoms with van der Waals surface area (Å²) in [5, 5.41) is 3.17. The number of halogens is 1. The van der Waals surface area contributed by atoms with Crippen LogP contribution < -0.4 is 5.32 Å². The fourth-order valence-corrected chi connectivity index (χ4v) is 2.75. The van der Waals surface area contributed by atoms with E-state index in [0.717, 1.165) is 4.88 Å². The normalized spacial score (nSPS) is 10.4. The van der Waals surface area contributed by atoms with Crippen LogP contribution in [0.2, 0.25) is 0 Å². The van der Waals surface area contributed by atoms with Crippen LogP contribution in [0.1, 0.15) is 28.6 Å². The molecule has 1 aromatic carbocycles. The van der Waals surface area contributed by atoms with Crippen molar-refractivity contribution in [2.45, 2.75) is 20.3 Å². The van der Waals surface area contributed by atoms with E-state index in [1.165, 1.54) is 40.5 Å². The van der Waals surface area contributed by atoms with E-state index in [1.807, 2.05) is 13.8 Å². The summed E-state index contributed by atoms with van der Waals surface area (Å²) in [6.07, 6.45) is 2.37. The minimum Gasteiger partial charge on any atom is -0.329 e. The van der Waals surface area contributed by atoms with E-state index in [1.54, 1.807) is 6.20 Å². The summed E-state index contributed by atoms with van der Waals surface area (Å²) in [5.74, 6) is -1.16. The third-order valence-electron chi connectivity index (χ3n) is 3.05. The van der Waals surface area contributed by atoms with Gasteiger partial charge in [-0.3, -0.25) is 9.59 Å². The van der Waals surface area contributed by atoms with Gasteiger partial charge in [-0.05, 0) is 31.5 Å². The Morgan fingerprint density at radius 2 is 2.17 bits per heavy atom. The van der Waals surface area contributed by atoms with E-state index >= 15 is 0 Å². The molecule has 0 unspecified atom stereocenters. The highest BCUT2D eigenvalue weighted by molar-refractivity contribution is 7.15. The highest BCUT2D eigenvalue weighted by Gasteiger charge is 2.19. The zero-order valence-corrected chi connectivity index (χ0v) is 13.8. The Labute approximate surface area is 138 Å². The van der Waals surface area contributed by atoms with Crippen LogP contribution >= 0.6 is 11.3 Å². The molecule has 0 spiro atoms. The van der Waals surface area contributed by atoms with Gasteiger partial charge in [0, 0.05) is 23.2 Å². The third-order valence-corrected chi connectivity index (χ3v) is 3.88. The first-order chi connectivity index (χ1) is 11.0.